The zero-order chi connectivity index (χ0) is 40.5. The molecule has 1 unspecified atom stereocenters. The molecule has 0 saturated heterocycles. The molecule has 0 bridgehead atoms. The first-order valence-electron chi connectivity index (χ1n) is 25.8. The molecule has 0 saturated carbocycles. The first-order valence-corrected chi connectivity index (χ1v) is 25.8. The van der Waals surface area contributed by atoms with Crippen molar-refractivity contribution in [3.05, 3.63) is 12.2 Å². The van der Waals surface area contributed by atoms with E-state index in [1.54, 1.807) is 0 Å². The molecule has 0 spiro atoms. The number of esters is 1. The molecule has 4 nitrogen and oxygen atoms in total. The van der Waals surface area contributed by atoms with Crippen LogP contribution in [0.15, 0.2) is 12.2 Å². The average Bonchev–Trinajstić information content (AvgIpc) is 3.20. The number of hydrogen-bond acceptors (Lipinski definition) is 4. The lowest BCUT2D eigenvalue weighted by molar-refractivity contribution is -0.154. The maximum absolute atomic E-state index is 12.3. The lowest BCUT2D eigenvalue weighted by Crippen LogP contribution is -2.27. The number of rotatable bonds is 49. The summed E-state index contributed by atoms with van der Waals surface area (Å²) in [6, 6.07) is 0. The Morgan fingerprint density at radius 3 is 1.02 bits per heavy atom. The van der Waals surface area contributed by atoms with Crippen LogP contribution in [0.5, 0.6) is 0 Å². The molecule has 1 atom stereocenters. The smallest absolute Gasteiger partial charge is 0.306 e. The molecule has 0 aromatic rings. The van der Waals surface area contributed by atoms with Crippen LogP contribution in [0, 0.1) is 0 Å². The van der Waals surface area contributed by atoms with Gasteiger partial charge in [-0.3, -0.25) is 4.79 Å². The van der Waals surface area contributed by atoms with Crippen molar-refractivity contribution in [2.75, 3.05) is 19.8 Å². The number of allylic oxidation sites excluding steroid dienone is 2. The molecule has 0 aromatic heterocycles. The van der Waals surface area contributed by atoms with Gasteiger partial charge >= 0.3 is 5.97 Å². The number of hydrogen-bond donors (Lipinski definition) is 1. The van der Waals surface area contributed by atoms with E-state index in [0.29, 0.717) is 19.6 Å². The third-order valence-electron chi connectivity index (χ3n) is 11.8. The van der Waals surface area contributed by atoms with E-state index in [0.717, 1.165) is 19.3 Å². The van der Waals surface area contributed by atoms with Gasteiger partial charge in [0.05, 0.1) is 13.2 Å². The van der Waals surface area contributed by atoms with E-state index in [9.17, 15) is 9.90 Å². The van der Waals surface area contributed by atoms with E-state index in [1.807, 2.05) is 0 Å². The van der Waals surface area contributed by atoms with Gasteiger partial charge < -0.3 is 14.6 Å². The summed E-state index contributed by atoms with van der Waals surface area (Å²) in [5.41, 5.74) is 0. The highest BCUT2D eigenvalue weighted by Gasteiger charge is 2.13. The lowest BCUT2D eigenvalue weighted by atomic mass is 10.0. The first kappa shape index (κ1) is 55.1. The van der Waals surface area contributed by atoms with Crippen LogP contribution in [0.25, 0.3) is 0 Å². The summed E-state index contributed by atoms with van der Waals surface area (Å²) in [5, 5.41) is 9.65. The summed E-state index contributed by atoms with van der Waals surface area (Å²) >= 11 is 0. The number of carbonyl (C=O) groups is 1. The minimum absolute atomic E-state index is 0.166. The maximum atomic E-state index is 12.3. The summed E-state index contributed by atoms with van der Waals surface area (Å²) in [7, 11) is 0. The molecule has 0 aliphatic rings. The molecular weight excluding hydrogens is 689 g/mol. The fourth-order valence-corrected chi connectivity index (χ4v) is 7.97. The molecule has 0 amide bonds. The molecule has 0 heterocycles. The van der Waals surface area contributed by atoms with Crippen molar-refractivity contribution in [1.82, 2.24) is 0 Å². The van der Waals surface area contributed by atoms with Gasteiger partial charge in [0, 0.05) is 13.0 Å². The van der Waals surface area contributed by atoms with Gasteiger partial charge in [-0.2, -0.15) is 0 Å². The van der Waals surface area contributed by atoms with Crippen molar-refractivity contribution in [2.24, 2.45) is 0 Å². The van der Waals surface area contributed by atoms with Crippen molar-refractivity contribution >= 4 is 5.97 Å². The molecule has 0 radical (unpaired) electrons. The van der Waals surface area contributed by atoms with E-state index in [4.69, 9.17) is 9.47 Å². The number of carbonyl (C=O) groups excluding carboxylic acids is 1. The SMILES string of the molecule is CCCCCCCC/C=C\CCCCCCCCCCCCOCC(CO)OC(=O)CCCCCCCCCCCCCCCCCCCCCCCCCC. The zero-order valence-corrected chi connectivity index (χ0v) is 38.4. The van der Waals surface area contributed by atoms with Gasteiger partial charge in [0.25, 0.3) is 0 Å². The van der Waals surface area contributed by atoms with E-state index in [-0.39, 0.29) is 12.6 Å². The van der Waals surface area contributed by atoms with Gasteiger partial charge in [0.15, 0.2) is 0 Å². The molecule has 56 heavy (non-hydrogen) atoms. The van der Waals surface area contributed by atoms with Gasteiger partial charge in [-0.25, -0.2) is 0 Å². The number of aliphatic hydroxyl groups excluding tert-OH is 1. The van der Waals surface area contributed by atoms with Gasteiger partial charge in [0.1, 0.15) is 6.10 Å². The summed E-state index contributed by atoms with van der Waals surface area (Å²) in [6.07, 6.45) is 61.7. The Labute approximate surface area is 352 Å². The predicted octanol–water partition coefficient (Wildman–Crippen LogP) is 17.3. The first-order chi connectivity index (χ1) is 27.7. The van der Waals surface area contributed by atoms with E-state index in [1.165, 1.54) is 250 Å². The van der Waals surface area contributed by atoms with Crippen LogP contribution < -0.4 is 0 Å². The summed E-state index contributed by atoms with van der Waals surface area (Å²) < 4.78 is 11.2. The molecule has 0 fully saturated rings. The third-order valence-corrected chi connectivity index (χ3v) is 11.8. The van der Waals surface area contributed by atoms with Crippen molar-refractivity contribution in [3.63, 3.8) is 0 Å². The van der Waals surface area contributed by atoms with Gasteiger partial charge in [-0.1, -0.05) is 257 Å². The fourth-order valence-electron chi connectivity index (χ4n) is 7.97. The van der Waals surface area contributed by atoms with E-state index in [2.05, 4.69) is 26.0 Å². The van der Waals surface area contributed by atoms with Gasteiger partial charge in [-0.05, 0) is 38.5 Å². The number of aliphatic hydroxyl groups is 1. The number of unbranched alkanes of at least 4 members (excludes halogenated alkanes) is 39. The molecular formula is C52H102O4. The Kier molecular flexibility index (Phi) is 49.5. The second kappa shape index (κ2) is 50.3. The fraction of sp³-hybridized carbons (Fsp3) is 0.942. The highest BCUT2D eigenvalue weighted by molar-refractivity contribution is 5.69. The standard InChI is InChI=1S/C52H102O4/c1-3-5-7-9-11-13-15-17-19-21-23-25-26-27-28-29-31-33-35-37-39-41-43-45-47-52(54)56-51(49-53)50-55-48-46-44-42-40-38-36-34-32-30-24-22-20-18-16-14-12-10-8-6-4-2/h18,20,51,53H,3-17,19,21-50H2,1-2H3/b20-18-. The Morgan fingerprint density at radius 2 is 0.696 bits per heavy atom. The molecule has 0 aliphatic heterocycles. The van der Waals surface area contributed by atoms with Crippen LogP contribution in [0.4, 0.5) is 0 Å². The second-order valence-corrected chi connectivity index (χ2v) is 17.6. The molecule has 0 aliphatic carbocycles. The Hall–Kier alpha value is -0.870. The maximum Gasteiger partial charge on any atom is 0.306 e. The highest BCUT2D eigenvalue weighted by atomic mass is 16.6. The third kappa shape index (κ3) is 47.5. The van der Waals surface area contributed by atoms with Crippen LogP contribution in [0.2, 0.25) is 0 Å². The zero-order valence-electron chi connectivity index (χ0n) is 38.4. The molecule has 0 rings (SSSR count). The van der Waals surface area contributed by atoms with Crippen molar-refractivity contribution in [1.29, 1.82) is 0 Å². The highest BCUT2D eigenvalue weighted by Crippen LogP contribution is 2.17. The molecule has 1 N–H and O–H groups in total. The molecule has 0 aromatic carbocycles. The lowest BCUT2D eigenvalue weighted by Gasteiger charge is -2.16. The van der Waals surface area contributed by atoms with Crippen molar-refractivity contribution < 1.29 is 19.4 Å². The summed E-state index contributed by atoms with van der Waals surface area (Å²) in [6.45, 7) is 5.40. The number of ether oxygens (including phenoxy) is 2. The minimum atomic E-state index is -0.530. The second-order valence-electron chi connectivity index (χ2n) is 17.6. The normalized spacial score (nSPS) is 12.3. The van der Waals surface area contributed by atoms with E-state index >= 15 is 0 Å². The topological polar surface area (TPSA) is 55.8 Å². The van der Waals surface area contributed by atoms with Crippen molar-refractivity contribution in [2.45, 2.75) is 296 Å². The van der Waals surface area contributed by atoms with Crippen LogP contribution >= 0.6 is 0 Å². The average molecular weight is 791 g/mol. The van der Waals surface area contributed by atoms with E-state index < -0.39 is 6.10 Å². The predicted molar refractivity (Wildman–Crippen MR) is 247 cm³/mol. The quantitative estimate of drug-likeness (QED) is 0.0379. The Morgan fingerprint density at radius 1 is 0.411 bits per heavy atom. The minimum Gasteiger partial charge on any atom is -0.457 e. The van der Waals surface area contributed by atoms with Crippen LogP contribution in [0.3, 0.4) is 0 Å². The van der Waals surface area contributed by atoms with Crippen LogP contribution in [-0.2, 0) is 14.3 Å². The van der Waals surface area contributed by atoms with Gasteiger partial charge in [0.2, 0.25) is 0 Å². The molecule has 334 valence electrons. The summed E-state index contributed by atoms with van der Waals surface area (Å²) in [5.74, 6) is -0.193. The monoisotopic (exact) mass is 791 g/mol. The van der Waals surface area contributed by atoms with Crippen LogP contribution in [0.1, 0.15) is 290 Å². The van der Waals surface area contributed by atoms with Gasteiger partial charge in [-0.15, -0.1) is 0 Å². The largest absolute Gasteiger partial charge is 0.457 e. The van der Waals surface area contributed by atoms with Crippen LogP contribution in [-0.4, -0.2) is 37.0 Å². The Balaban J connectivity index is 3.34. The Bertz CT molecular complexity index is 751. The van der Waals surface area contributed by atoms with Crippen molar-refractivity contribution in [3.8, 4) is 0 Å². The molecule has 4 heteroatoms. The summed E-state index contributed by atoms with van der Waals surface area (Å²) in [4.78, 5) is 12.3.